The molecule has 35 heavy (non-hydrogen) atoms. The molecule has 2 aromatic rings. The lowest BCUT2D eigenvalue weighted by molar-refractivity contribution is -0.127. The predicted octanol–water partition coefficient (Wildman–Crippen LogP) is 3.63. The Morgan fingerprint density at radius 2 is 1.66 bits per heavy atom. The van der Waals surface area contributed by atoms with Crippen LogP contribution in [0, 0.1) is 18.3 Å². The number of nitriles is 1. The zero-order valence-corrected chi connectivity index (χ0v) is 20.2. The van der Waals surface area contributed by atoms with Crippen molar-refractivity contribution < 1.29 is 14.4 Å². The fourth-order valence-corrected chi connectivity index (χ4v) is 4.83. The molecule has 2 heterocycles. The first kappa shape index (κ1) is 24.3. The van der Waals surface area contributed by atoms with Gasteiger partial charge in [0.1, 0.15) is 0 Å². The van der Waals surface area contributed by atoms with Crippen molar-refractivity contribution in [3.8, 4) is 6.07 Å². The number of carbonyl (C=O) groups is 3. The van der Waals surface area contributed by atoms with Crippen molar-refractivity contribution >= 4 is 23.5 Å². The third-order valence-electron chi connectivity index (χ3n) is 6.99. The Hall–Kier alpha value is -3.86. The van der Waals surface area contributed by atoms with Crippen LogP contribution in [0.2, 0.25) is 0 Å². The molecule has 2 aliphatic rings. The molecule has 2 fully saturated rings. The summed E-state index contributed by atoms with van der Waals surface area (Å²) < 4.78 is 0. The van der Waals surface area contributed by atoms with E-state index in [-0.39, 0.29) is 23.9 Å². The Bertz CT molecular complexity index is 1150. The minimum Gasteiger partial charge on any atom is -0.341 e. The maximum atomic E-state index is 13.2. The molecule has 0 bridgehead atoms. The van der Waals surface area contributed by atoms with E-state index in [1.165, 1.54) is 12.5 Å². The number of aryl methyl sites for hydroxylation is 1. The van der Waals surface area contributed by atoms with Crippen LogP contribution in [0.5, 0.6) is 0 Å². The van der Waals surface area contributed by atoms with Crippen LogP contribution in [0.15, 0.2) is 42.5 Å². The van der Waals surface area contributed by atoms with Crippen LogP contribution in [0.4, 0.5) is 10.5 Å². The van der Waals surface area contributed by atoms with Crippen LogP contribution in [0.1, 0.15) is 59.2 Å². The second-order valence-corrected chi connectivity index (χ2v) is 9.38. The van der Waals surface area contributed by atoms with Gasteiger partial charge in [0.25, 0.3) is 5.91 Å². The molecule has 4 rings (SSSR count). The summed E-state index contributed by atoms with van der Waals surface area (Å²) in [6, 6.07) is 14.8. The summed E-state index contributed by atoms with van der Waals surface area (Å²) >= 11 is 0. The van der Waals surface area contributed by atoms with E-state index in [0.717, 1.165) is 24.8 Å². The Kier molecular flexibility index (Phi) is 7.35. The molecule has 1 atom stereocenters. The van der Waals surface area contributed by atoms with Gasteiger partial charge in [-0.3, -0.25) is 9.59 Å². The minimum absolute atomic E-state index is 0.0118. The summed E-state index contributed by atoms with van der Waals surface area (Å²) in [7, 11) is 0. The molecule has 0 aliphatic carbocycles. The maximum absolute atomic E-state index is 13.2. The van der Waals surface area contributed by atoms with Gasteiger partial charge in [0.2, 0.25) is 5.91 Å². The monoisotopic (exact) mass is 473 g/mol. The highest BCUT2D eigenvalue weighted by Gasteiger charge is 2.27. The number of nitrogens with one attached hydrogen (secondary N) is 2. The summed E-state index contributed by atoms with van der Waals surface area (Å²) in [5.74, 6) is 0.345. The maximum Gasteiger partial charge on any atom is 0.319 e. The van der Waals surface area contributed by atoms with Crippen molar-refractivity contribution in [2.45, 2.75) is 45.1 Å². The smallest absolute Gasteiger partial charge is 0.319 e. The molecule has 0 radical (unpaired) electrons. The number of nitrogens with zero attached hydrogens (tertiary/aromatic N) is 3. The van der Waals surface area contributed by atoms with Gasteiger partial charge in [-0.15, -0.1) is 0 Å². The average molecular weight is 474 g/mol. The standard InChI is InChI=1S/C27H31N5O3/c1-18-3-6-23(15-25(18)30-27(35)29-24-11-14-32(17-24)19(2)33)26(34)31-12-9-22(10-13-31)21-7-4-20(16-28)5-8-21/h3-8,15,22,24H,9-14,17H2,1-2H3,(H2,29,30,35)/t24-/m1/s1. The molecule has 2 aromatic carbocycles. The van der Waals surface area contributed by atoms with Gasteiger partial charge in [0, 0.05) is 50.4 Å². The summed E-state index contributed by atoms with van der Waals surface area (Å²) in [5.41, 5.74) is 3.87. The highest BCUT2D eigenvalue weighted by molar-refractivity contribution is 5.97. The van der Waals surface area contributed by atoms with E-state index in [4.69, 9.17) is 5.26 Å². The summed E-state index contributed by atoms with van der Waals surface area (Å²) in [5, 5.41) is 14.8. The summed E-state index contributed by atoms with van der Waals surface area (Å²) in [6.07, 6.45) is 2.47. The van der Waals surface area contributed by atoms with E-state index in [2.05, 4.69) is 16.7 Å². The van der Waals surface area contributed by atoms with Crippen molar-refractivity contribution in [2.24, 2.45) is 0 Å². The van der Waals surface area contributed by atoms with Crippen LogP contribution in [0.3, 0.4) is 0 Å². The first-order valence-electron chi connectivity index (χ1n) is 12.1. The number of amides is 4. The third-order valence-corrected chi connectivity index (χ3v) is 6.99. The van der Waals surface area contributed by atoms with Crippen molar-refractivity contribution in [3.63, 3.8) is 0 Å². The fourth-order valence-electron chi connectivity index (χ4n) is 4.83. The molecule has 4 amide bonds. The Morgan fingerprint density at radius 3 is 2.29 bits per heavy atom. The van der Waals surface area contributed by atoms with Crippen LogP contribution in [0.25, 0.3) is 0 Å². The normalized spacial score (nSPS) is 18.1. The lowest BCUT2D eigenvalue weighted by Crippen LogP contribution is -2.40. The lowest BCUT2D eigenvalue weighted by atomic mass is 9.89. The van der Waals surface area contributed by atoms with Crippen LogP contribution < -0.4 is 10.6 Å². The number of benzene rings is 2. The second-order valence-electron chi connectivity index (χ2n) is 9.38. The van der Waals surface area contributed by atoms with Crippen LogP contribution in [-0.4, -0.2) is 59.9 Å². The number of anilines is 1. The van der Waals surface area contributed by atoms with Gasteiger partial charge in [-0.25, -0.2) is 4.79 Å². The number of hydrogen-bond donors (Lipinski definition) is 2. The van der Waals surface area contributed by atoms with E-state index >= 15 is 0 Å². The molecular weight excluding hydrogens is 442 g/mol. The second kappa shape index (κ2) is 10.6. The van der Waals surface area contributed by atoms with Gasteiger partial charge in [-0.2, -0.15) is 5.26 Å². The summed E-state index contributed by atoms with van der Waals surface area (Å²) in [4.78, 5) is 40.8. The Labute approximate surface area is 205 Å². The zero-order chi connectivity index (χ0) is 24.9. The van der Waals surface area contributed by atoms with Gasteiger partial charge >= 0.3 is 6.03 Å². The SMILES string of the molecule is CC(=O)N1CC[C@@H](NC(=O)Nc2cc(C(=O)N3CCC(c4ccc(C#N)cc4)CC3)ccc2C)C1. The van der Waals surface area contributed by atoms with Crippen molar-refractivity contribution in [1.82, 2.24) is 15.1 Å². The molecule has 8 heteroatoms. The fraction of sp³-hybridized carbons (Fsp3) is 0.407. The van der Waals surface area contributed by atoms with Gasteiger partial charge in [-0.05, 0) is 67.5 Å². The third kappa shape index (κ3) is 5.80. The van der Waals surface area contributed by atoms with Crippen molar-refractivity contribution in [2.75, 3.05) is 31.5 Å². The quantitative estimate of drug-likeness (QED) is 0.707. The van der Waals surface area contributed by atoms with Crippen molar-refractivity contribution in [1.29, 1.82) is 5.26 Å². The lowest BCUT2D eigenvalue weighted by Gasteiger charge is -2.32. The molecule has 0 aromatic heterocycles. The number of carbonyl (C=O) groups excluding carboxylic acids is 3. The van der Waals surface area contributed by atoms with E-state index in [0.29, 0.717) is 48.9 Å². The number of urea groups is 1. The molecule has 0 spiro atoms. The first-order valence-corrected chi connectivity index (χ1v) is 12.1. The minimum atomic E-state index is -0.337. The molecule has 2 N–H and O–H groups in total. The van der Waals surface area contributed by atoms with E-state index in [1.54, 1.807) is 17.0 Å². The van der Waals surface area contributed by atoms with Gasteiger partial charge in [-0.1, -0.05) is 18.2 Å². The summed E-state index contributed by atoms with van der Waals surface area (Å²) in [6.45, 7) is 5.90. The average Bonchev–Trinajstić information content (AvgIpc) is 3.34. The van der Waals surface area contributed by atoms with Crippen LogP contribution >= 0.6 is 0 Å². The van der Waals surface area contributed by atoms with Gasteiger partial charge in [0.05, 0.1) is 11.6 Å². The molecule has 0 unspecified atom stereocenters. The largest absolute Gasteiger partial charge is 0.341 e. The van der Waals surface area contributed by atoms with Crippen LogP contribution in [-0.2, 0) is 4.79 Å². The molecule has 0 saturated carbocycles. The van der Waals surface area contributed by atoms with Gasteiger partial charge in [0.15, 0.2) is 0 Å². The van der Waals surface area contributed by atoms with Crippen molar-refractivity contribution in [3.05, 3.63) is 64.7 Å². The predicted molar refractivity (Wildman–Crippen MR) is 133 cm³/mol. The Morgan fingerprint density at radius 1 is 0.971 bits per heavy atom. The first-order chi connectivity index (χ1) is 16.8. The highest BCUT2D eigenvalue weighted by Crippen LogP contribution is 2.29. The number of hydrogen-bond acceptors (Lipinski definition) is 4. The molecule has 8 nitrogen and oxygen atoms in total. The number of rotatable bonds is 4. The Balaban J connectivity index is 1.34. The van der Waals surface area contributed by atoms with Gasteiger partial charge < -0.3 is 20.4 Å². The topological polar surface area (TPSA) is 106 Å². The van der Waals surface area contributed by atoms with E-state index in [1.807, 2.05) is 42.2 Å². The molecule has 2 aliphatic heterocycles. The number of likely N-dealkylation sites (tertiary alicyclic amines) is 2. The molecule has 2 saturated heterocycles. The molecular formula is C27H31N5O3. The zero-order valence-electron chi connectivity index (χ0n) is 20.2. The van der Waals surface area contributed by atoms with E-state index < -0.39 is 0 Å². The molecule has 182 valence electrons. The van der Waals surface area contributed by atoms with E-state index in [9.17, 15) is 14.4 Å². The number of piperidine rings is 1. The highest BCUT2D eigenvalue weighted by atomic mass is 16.2.